The highest BCUT2D eigenvalue weighted by Crippen LogP contribution is 2.25. The number of nitrogens with zero attached hydrogens (tertiary/aromatic N) is 1. The summed E-state index contributed by atoms with van der Waals surface area (Å²) in [6, 6.07) is 12.3. The average Bonchev–Trinajstić information content (AvgIpc) is 2.54. The normalized spacial score (nSPS) is 10.7. The predicted octanol–water partition coefficient (Wildman–Crippen LogP) is 2.65. The van der Waals surface area contributed by atoms with Crippen LogP contribution in [0.4, 0.5) is 5.69 Å². The SMILES string of the molecule is COc1ccc(NC(=O)C(C#N)=Cc2ccc(O)cc2O)cc1. The lowest BCUT2D eigenvalue weighted by molar-refractivity contribution is -0.112. The number of anilines is 1. The van der Waals surface area contributed by atoms with Crippen molar-refractivity contribution < 1.29 is 19.7 Å². The Labute approximate surface area is 132 Å². The smallest absolute Gasteiger partial charge is 0.266 e. The van der Waals surface area contributed by atoms with Gasteiger partial charge in [0.05, 0.1) is 7.11 Å². The van der Waals surface area contributed by atoms with Gasteiger partial charge in [0.2, 0.25) is 0 Å². The second kappa shape index (κ2) is 7.00. The minimum Gasteiger partial charge on any atom is -0.508 e. The zero-order valence-electron chi connectivity index (χ0n) is 12.3. The Kier molecular flexibility index (Phi) is 4.85. The summed E-state index contributed by atoms with van der Waals surface area (Å²) in [7, 11) is 1.54. The van der Waals surface area contributed by atoms with Gasteiger partial charge in [0.1, 0.15) is 28.9 Å². The predicted molar refractivity (Wildman–Crippen MR) is 85.0 cm³/mol. The number of hydrogen-bond acceptors (Lipinski definition) is 5. The maximum Gasteiger partial charge on any atom is 0.266 e. The Bertz CT molecular complexity index is 789. The molecule has 2 rings (SSSR count). The maximum absolute atomic E-state index is 12.1. The molecule has 6 nitrogen and oxygen atoms in total. The van der Waals surface area contributed by atoms with Crippen molar-refractivity contribution in [2.24, 2.45) is 0 Å². The number of nitriles is 1. The Hall–Kier alpha value is -3.46. The molecule has 0 aromatic heterocycles. The molecule has 2 aromatic carbocycles. The molecule has 0 aliphatic heterocycles. The van der Waals surface area contributed by atoms with Crippen LogP contribution in [0.15, 0.2) is 48.0 Å². The Balaban J connectivity index is 2.20. The van der Waals surface area contributed by atoms with Gasteiger partial charge in [-0.15, -0.1) is 0 Å². The Morgan fingerprint density at radius 2 is 1.91 bits per heavy atom. The van der Waals surface area contributed by atoms with E-state index in [0.29, 0.717) is 11.4 Å². The van der Waals surface area contributed by atoms with E-state index in [1.165, 1.54) is 25.3 Å². The first-order chi connectivity index (χ1) is 11.0. The van der Waals surface area contributed by atoms with E-state index in [1.807, 2.05) is 0 Å². The van der Waals surface area contributed by atoms with Crippen molar-refractivity contribution in [3.63, 3.8) is 0 Å². The van der Waals surface area contributed by atoms with Gasteiger partial charge in [0.25, 0.3) is 5.91 Å². The fourth-order valence-corrected chi connectivity index (χ4v) is 1.83. The summed E-state index contributed by atoms with van der Waals surface area (Å²) in [6.07, 6.45) is 1.24. The quantitative estimate of drug-likeness (QED) is 0.595. The van der Waals surface area contributed by atoms with Crippen LogP contribution in [0, 0.1) is 11.3 Å². The van der Waals surface area contributed by atoms with Crippen molar-refractivity contribution in [1.82, 2.24) is 0 Å². The summed E-state index contributed by atoms with van der Waals surface area (Å²) >= 11 is 0. The molecule has 116 valence electrons. The first kappa shape index (κ1) is 15.9. The van der Waals surface area contributed by atoms with E-state index in [-0.39, 0.29) is 22.6 Å². The zero-order valence-corrected chi connectivity index (χ0v) is 12.3. The molecular weight excluding hydrogens is 296 g/mol. The molecule has 0 bridgehead atoms. The van der Waals surface area contributed by atoms with E-state index in [4.69, 9.17) is 10.00 Å². The molecule has 0 saturated heterocycles. The topological polar surface area (TPSA) is 103 Å². The molecule has 0 unspecified atom stereocenters. The van der Waals surface area contributed by atoms with Gasteiger partial charge in [-0.05, 0) is 42.5 Å². The fraction of sp³-hybridized carbons (Fsp3) is 0.0588. The number of rotatable bonds is 4. The number of carbonyl (C=O) groups excluding carboxylic acids is 1. The molecule has 2 aromatic rings. The molecule has 0 atom stereocenters. The second-order valence-corrected chi connectivity index (χ2v) is 4.60. The number of aromatic hydroxyl groups is 2. The van der Waals surface area contributed by atoms with Crippen molar-refractivity contribution in [3.05, 3.63) is 53.6 Å². The first-order valence-electron chi connectivity index (χ1n) is 6.62. The van der Waals surface area contributed by atoms with Gasteiger partial charge >= 0.3 is 0 Å². The van der Waals surface area contributed by atoms with Gasteiger partial charge in [-0.1, -0.05) is 0 Å². The van der Waals surface area contributed by atoms with Gasteiger partial charge in [0.15, 0.2) is 0 Å². The van der Waals surface area contributed by atoms with Crippen LogP contribution >= 0.6 is 0 Å². The van der Waals surface area contributed by atoms with E-state index in [2.05, 4.69) is 5.32 Å². The molecule has 0 fully saturated rings. The zero-order chi connectivity index (χ0) is 16.8. The number of benzene rings is 2. The third kappa shape index (κ3) is 4.02. The van der Waals surface area contributed by atoms with Gasteiger partial charge in [-0.25, -0.2) is 0 Å². The molecule has 3 N–H and O–H groups in total. The summed E-state index contributed by atoms with van der Waals surface area (Å²) < 4.78 is 5.02. The highest BCUT2D eigenvalue weighted by atomic mass is 16.5. The molecular formula is C17H14N2O4. The molecule has 0 heterocycles. The first-order valence-corrected chi connectivity index (χ1v) is 6.62. The molecule has 6 heteroatoms. The monoisotopic (exact) mass is 310 g/mol. The fourth-order valence-electron chi connectivity index (χ4n) is 1.83. The lowest BCUT2D eigenvalue weighted by Crippen LogP contribution is -2.13. The third-order valence-electron chi connectivity index (χ3n) is 3.03. The maximum atomic E-state index is 12.1. The van der Waals surface area contributed by atoms with Gasteiger partial charge < -0.3 is 20.3 Å². The van der Waals surface area contributed by atoms with E-state index < -0.39 is 5.91 Å². The van der Waals surface area contributed by atoms with Crippen LogP contribution in [0.5, 0.6) is 17.2 Å². The number of amides is 1. The largest absolute Gasteiger partial charge is 0.508 e. The van der Waals surface area contributed by atoms with Crippen LogP contribution in [0.1, 0.15) is 5.56 Å². The number of carbonyl (C=O) groups is 1. The van der Waals surface area contributed by atoms with E-state index in [1.54, 1.807) is 30.3 Å². The van der Waals surface area contributed by atoms with Crippen molar-refractivity contribution in [1.29, 1.82) is 5.26 Å². The van der Waals surface area contributed by atoms with Crippen molar-refractivity contribution >= 4 is 17.7 Å². The van der Waals surface area contributed by atoms with Crippen LogP contribution < -0.4 is 10.1 Å². The average molecular weight is 310 g/mol. The number of nitrogens with one attached hydrogen (secondary N) is 1. The van der Waals surface area contributed by atoms with Crippen molar-refractivity contribution in [2.75, 3.05) is 12.4 Å². The van der Waals surface area contributed by atoms with Crippen molar-refractivity contribution in [2.45, 2.75) is 0 Å². The lowest BCUT2D eigenvalue weighted by Gasteiger charge is -2.06. The summed E-state index contributed by atoms with van der Waals surface area (Å²) in [4.78, 5) is 12.1. The molecule has 0 aliphatic rings. The third-order valence-corrected chi connectivity index (χ3v) is 3.03. The number of ether oxygens (including phenoxy) is 1. The molecule has 0 spiro atoms. The summed E-state index contributed by atoms with van der Waals surface area (Å²) in [6.45, 7) is 0. The van der Waals surface area contributed by atoms with Gasteiger partial charge in [0, 0.05) is 17.3 Å². The summed E-state index contributed by atoms with van der Waals surface area (Å²) in [5.74, 6) is -0.297. The number of hydrogen-bond donors (Lipinski definition) is 3. The van der Waals surface area contributed by atoms with E-state index >= 15 is 0 Å². The van der Waals surface area contributed by atoms with E-state index in [0.717, 1.165) is 6.07 Å². The van der Waals surface area contributed by atoms with Crippen molar-refractivity contribution in [3.8, 4) is 23.3 Å². The minimum absolute atomic E-state index is 0.110. The van der Waals surface area contributed by atoms with Crippen LogP contribution in [-0.4, -0.2) is 23.2 Å². The number of phenolic OH excluding ortho intramolecular Hbond substituents is 2. The highest BCUT2D eigenvalue weighted by molar-refractivity contribution is 6.09. The highest BCUT2D eigenvalue weighted by Gasteiger charge is 2.11. The Morgan fingerprint density at radius 1 is 1.22 bits per heavy atom. The molecule has 23 heavy (non-hydrogen) atoms. The number of phenols is 2. The van der Waals surface area contributed by atoms with Crippen LogP contribution in [-0.2, 0) is 4.79 Å². The standard InChI is InChI=1S/C17H14N2O4/c1-23-15-6-3-13(4-7-15)19-17(22)12(10-18)8-11-2-5-14(20)9-16(11)21/h2-9,20-21H,1H3,(H,19,22). The van der Waals surface area contributed by atoms with Gasteiger partial charge in [-0.2, -0.15) is 5.26 Å². The Morgan fingerprint density at radius 3 is 2.48 bits per heavy atom. The molecule has 1 amide bonds. The number of methoxy groups -OCH3 is 1. The second-order valence-electron chi connectivity index (χ2n) is 4.60. The van der Waals surface area contributed by atoms with Crippen LogP contribution in [0.25, 0.3) is 6.08 Å². The van der Waals surface area contributed by atoms with Crippen LogP contribution in [0.3, 0.4) is 0 Å². The summed E-state index contributed by atoms with van der Waals surface area (Å²) in [5.41, 5.74) is 0.581. The van der Waals surface area contributed by atoms with Crippen LogP contribution in [0.2, 0.25) is 0 Å². The molecule has 0 saturated carbocycles. The van der Waals surface area contributed by atoms with E-state index in [9.17, 15) is 15.0 Å². The summed E-state index contributed by atoms with van der Waals surface area (Å²) in [5, 5.41) is 30.7. The minimum atomic E-state index is -0.606. The molecule has 0 radical (unpaired) electrons. The van der Waals surface area contributed by atoms with Gasteiger partial charge in [-0.3, -0.25) is 4.79 Å². The lowest BCUT2D eigenvalue weighted by atomic mass is 10.1. The molecule has 0 aliphatic carbocycles.